The van der Waals surface area contributed by atoms with Gasteiger partial charge in [-0.25, -0.2) is 16.8 Å². The second-order valence-electron chi connectivity index (χ2n) is 13.1. The number of carbonyl (C=O) groups excluding carboxylic acids is 1. The minimum Gasteiger partial charge on any atom is -1.00 e. The van der Waals surface area contributed by atoms with Crippen LogP contribution in [0.5, 0.6) is 11.5 Å². The van der Waals surface area contributed by atoms with Gasteiger partial charge < -0.3 is 30.2 Å². The molecule has 4 aromatic carbocycles. The van der Waals surface area contributed by atoms with Crippen LogP contribution >= 0.6 is 0 Å². The predicted octanol–water partition coefficient (Wildman–Crippen LogP) is 0.621. The fourth-order valence-corrected chi connectivity index (χ4v) is 7.77. The van der Waals surface area contributed by atoms with E-state index in [1.165, 1.54) is 11.4 Å². The summed E-state index contributed by atoms with van der Waals surface area (Å²) >= 11 is 0. The molecule has 0 saturated carbocycles. The Hall–Kier alpha value is -4.14. The van der Waals surface area contributed by atoms with Crippen LogP contribution in [0.3, 0.4) is 0 Å². The molecule has 0 unspecified atom stereocenters. The number of hydrogen-bond acceptors (Lipinski definition) is 11. The number of methoxy groups -OCH3 is 2. The normalized spacial score (nSPS) is 10.0. The van der Waals surface area contributed by atoms with E-state index in [9.17, 15) is 27.4 Å². The molecule has 0 aliphatic rings. The van der Waals surface area contributed by atoms with E-state index in [1.807, 2.05) is 59.4 Å². The molecule has 2 heterocycles. The molecule has 1 N–H and O–H groups in total. The number of ether oxygens (including phenoxy) is 2. The van der Waals surface area contributed by atoms with E-state index in [4.69, 9.17) is 19.5 Å². The van der Waals surface area contributed by atoms with Crippen molar-refractivity contribution < 1.29 is 145 Å². The molecule has 0 fully saturated rings. The molecule has 336 valence electrons. The molecule has 0 radical (unpaired) electrons. The molecule has 0 aliphatic heterocycles. The first-order valence-electron chi connectivity index (χ1n) is 19.3. The number of hydrogen-bond donors (Lipinski definition) is 1. The van der Waals surface area contributed by atoms with E-state index in [0.29, 0.717) is 47.0 Å². The van der Waals surface area contributed by atoms with Crippen LogP contribution in [0.15, 0.2) is 84.9 Å². The summed E-state index contributed by atoms with van der Waals surface area (Å²) in [7, 11) is -1.87. The van der Waals surface area contributed by atoms with Gasteiger partial charge in [0.15, 0.2) is 0 Å². The SMILES string of the molecule is C.CCn1c(C#Cc2ccc(N(C)S(=O)(=O)CC)cc2)c(C#N)c2ccc(OC)cc21.CCn1c(C#Cc2ccc(NS(=O)(=O)CC)cc2)c(C#N)c2ccc(OC)cc21.O=CO[O-].[H-].[K+].[K+]. The van der Waals surface area contributed by atoms with E-state index < -0.39 is 20.0 Å². The van der Waals surface area contributed by atoms with E-state index in [1.54, 1.807) is 76.6 Å². The first kappa shape index (κ1) is 59.9. The summed E-state index contributed by atoms with van der Waals surface area (Å²) in [5.74, 6) is 13.9. The maximum Gasteiger partial charge on any atom is 1.00 e. The molecule has 2 aromatic heterocycles. The Labute approximate surface area is 474 Å². The second-order valence-corrected chi connectivity index (χ2v) is 17.4. The Morgan fingerprint density at radius 3 is 1.44 bits per heavy atom. The standard InChI is InChI=1S/C23H23N3O3S.C22H21N3O3S.CH2O3.CH4.2K.H/c1-5-26-22(21(16-24)20-13-12-19(29-4)15-23(20)26)14-9-17-7-10-18(11-8-17)25(3)30(27,28)6-2;1-4-25-21(20(15-23)19-12-11-18(28-3)14-22(19)25)13-8-16-6-9-17(10-7-16)24-29(26,27)5-2;2-1-4-3;;;;/h7-8,10-13,15H,5-6H2,1-4H3;6-7,9-12,14,24H,4-5H2,1-3H3;1,3H;1H4;;;/q;;;;2*+1;-1/p-1. The summed E-state index contributed by atoms with van der Waals surface area (Å²) < 4.78 is 65.7. The summed E-state index contributed by atoms with van der Waals surface area (Å²) in [6.07, 6.45) is 0. The van der Waals surface area contributed by atoms with Crippen molar-refractivity contribution in [1.29, 1.82) is 10.5 Å². The van der Waals surface area contributed by atoms with Gasteiger partial charge in [-0.3, -0.25) is 13.8 Å². The third kappa shape index (κ3) is 14.9. The zero-order valence-corrected chi connectivity index (χ0v) is 45.6. The minimum absolute atomic E-state index is 0. The maximum absolute atomic E-state index is 12.0. The Morgan fingerprint density at radius 1 is 0.697 bits per heavy atom. The second kappa shape index (κ2) is 28.3. The van der Waals surface area contributed by atoms with Crippen molar-refractivity contribution in [2.75, 3.05) is 41.8 Å². The Kier molecular flexibility index (Phi) is 25.6. The number of nitriles is 2. The molecule has 0 bridgehead atoms. The number of fused-ring (bicyclic) bond motifs is 2. The predicted molar refractivity (Wildman–Crippen MR) is 249 cm³/mol. The number of benzene rings is 4. The van der Waals surface area contributed by atoms with Crippen LogP contribution in [-0.4, -0.2) is 65.2 Å². The molecule has 0 aliphatic carbocycles. The summed E-state index contributed by atoms with van der Waals surface area (Å²) in [5, 5.41) is 29.5. The van der Waals surface area contributed by atoms with Crippen molar-refractivity contribution >= 4 is 59.7 Å². The smallest absolute Gasteiger partial charge is 1.00 e. The van der Waals surface area contributed by atoms with Crippen molar-refractivity contribution in [3.8, 4) is 47.3 Å². The number of rotatable bonds is 11. The van der Waals surface area contributed by atoms with Crippen molar-refractivity contribution in [2.24, 2.45) is 0 Å². The molecule has 66 heavy (non-hydrogen) atoms. The minimum atomic E-state index is -3.31. The van der Waals surface area contributed by atoms with Gasteiger partial charge in [0.1, 0.15) is 35.0 Å². The zero-order chi connectivity index (χ0) is 46.3. The molecule has 0 saturated heterocycles. The summed E-state index contributed by atoms with van der Waals surface area (Å²) in [6.45, 7) is 8.34. The van der Waals surface area contributed by atoms with Crippen LogP contribution < -0.4 is 127 Å². The average Bonchev–Trinajstić information content (AvgIpc) is 3.79. The monoisotopic (exact) mass is 984 g/mol. The number of aromatic nitrogens is 2. The van der Waals surface area contributed by atoms with E-state index in [0.717, 1.165) is 44.4 Å². The molecule has 15 nitrogen and oxygen atoms in total. The number of anilines is 2. The van der Waals surface area contributed by atoms with Gasteiger partial charge in [0.05, 0.1) is 53.6 Å². The molecule has 0 atom stereocenters. The number of nitrogens with zero attached hydrogens (tertiary/aromatic N) is 5. The first-order chi connectivity index (χ1) is 30.2. The van der Waals surface area contributed by atoms with Gasteiger partial charge in [-0.15, -0.1) is 0 Å². The summed E-state index contributed by atoms with van der Waals surface area (Å²) in [5.41, 5.74) is 6.69. The third-order valence-corrected chi connectivity index (χ3v) is 12.7. The van der Waals surface area contributed by atoms with Crippen LogP contribution in [-0.2, 0) is 42.8 Å². The van der Waals surface area contributed by atoms with E-state index in [2.05, 4.69) is 45.4 Å². The quantitative estimate of drug-likeness (QED) is 0.0626. The molecule has 19 heteroatoms. The van der Waals surface area contributed by atoms with Crippen LogP contribution in [0, 0.1) is 46.3 Å². The molecule has 6 aromatic rings. The van der Waals surface area contributed by atoms with Crippen LogP contribution in [0.1, 0.15) is 70.2 Å². The van der Waals surface area contributed by atoms with Gasteiger partial charge in [-0.05, 0) is 112 Å². The fourth-order valence-electron chi connectivity index (χ4n) is 6.30. The zero-order valence-electron chi connectivity index (χ0n) is 38.7. The van der Waals surface area contributed by atoms with Crippen molar-refractivity contribution in [1.82, 2.24) is 9.13 Å². The number of sulfonamides is 2. The summed E-state index contributed by atoms with van der Waals surface area (Å²) in [6, 6.07) is 29.6. The Balaban J connectivity index is 0.00000114. The average molecular weight is 985 g/mol. The first-order valence-corrected chi connectivity index (χ1v) is 22.6. The Morgan fingerprint density at radius 2 is 1.11 bits per heavy atom. The van der Waals surface area contributed by atoms with Crippen LogP contribution in [0.4, 0.5) is 11.4 Å². The van der Waals surface area contributed by atoms with Crippen molar-refractivity contribution in [3.05, 3.63) is 119 Å². The third-order valence-electron chi connectivity index (χ3n) is 9.64. The molecule has 0 amide bonds. The maximum atomic E-state index is 12.0. The van der Waals surface area contributed by atoms with Gasteiger partial charge in [-0.2, -0.15) is 10.5 Å². The van der Waals surface area contributed by atoms with Gasteiger partial charge in [0, 0.05) is 59.9 Å². The number of nitrogens with one attached hydrogen (secondary N) is 1. The van der Waals surface area contributed by atoms with Crippen LogP contribution in [0.25, 0.3) is 21.8 Å². The van der Waals surface area contributed by atoms with Gasteiger partial charge >= 0.3 is 103 Å². The van der Waals surface area contributed by atoms with Crippen molar-refractivity contribution in [3.63, 3.8) is 0 Å². The molecule has 0 spiro atoms. The molecular formula is C47H50K2N6O9S2. The van der Waals surface area contributed by atoms with Gasteiger partial charge in [0.2, 0.25) is 20.0 Å². The van der Waals surface area contributed by atoms with Gasteiger partial charge in [0.25, 0.3) is 6.47 Å². The van der Waals surface area contributed by atoms with E-state index in [-0.39, 0.29) is 130 Å². The molecular weight excluding hydrogens is 935 g/mol. The number of aryl methyl sites for hydroxylation is 2. The van der Waals surface area contributed by atoms with Crippen molar-refractivity contribution in [2.45, 2.75) is 48.2 Å². The largest absolute Gasteiger partial charge is 1.00 e. The number of carbonyl (C=O) groups is 1. The Bertz CT molecular complexity index is 3050. The fraction of sp³-hybridized carbons (Fsp3) is 0.255. The molecule has 6 rings (SSSR count). The van der Waals surface area contributed by atoms with Crippen LogP contribution in [0.2, 0.25) is 0 Å². The van der Waals surface area contributed by atoms with E-state index >= 15 is 0 Å². The summed E-state index contributed by atoms with van der Waals surface area (Å²) in [4.78, 5) is 11.2. The van der Waals surface area contributed by atoms with Gasteiger partial charge in [-0.1, -0.05) is 19.3 Å². The topological polar surface area (TPSA) is 209 Å².